The number of anilines is 1. The highest BCUT2D eigenvalue weighted by Gasteiger charge is 2.25. The molecule has 0 aliphatic carbocycles. The summed E-state index contributed by atoms with van der Waals surface area (Å²) in [5.74, 6) is 0.135. The Morgan fingerprint density at radius 2 is 1.71 bits per heavy atom. The third kappa shape index (κ3) is 3.17. The molecule has 0 saturated carbocycles. The summed E-state index contributed by atoms with van der Waals surface area (Å²) in [5.41, 5.74) is 0.456. The molecular formula is C18H14N2O4. The molecule has 3 rings (SSSR count). The van der Waals surface area contributed by atoms with Crippen LogP contribution in [0.5, 0.6) is 0 Å². The highest BCUT2D eigenvalue weighted by molar-refractivity contribution is 6.08. The average Bonchev–Trinajstić information content (AvgIpc) is 3.13. The Kier molecular flexibility index (Phi) is 4.38. The van der Waals surface area contributed by atoms with Crippen LogP contribution in [0.15, 0.2) is 77.4 Å². The van der Waals surface area contributed by atoms with Gasteiger partial charge in [0.25, 0.3) is 11.6 Å². The van der Waals surface area contributed by atoms with Gasteiger partial charge in [-0.25, -0.2) is 0 Å². The first-order valence-electron chi connectivity index (χ1n) is 7.29. The molecule has 0 spiro atoms. The third-order valence-corrected chi connectivity index (χ3v) is 3.54. The van der Waals surface area contributed by atoms with Gasteiger partial charge in [0.1, 0.15) is 11.3 Å². The van der Waals surface area contributed by atoms with Gasteiger partial charge in [-0.2, -0.15) is 0 Å². The van der Waals surface area contributed by atoms with Crippen LogP contribution >= 0.6 is 0 Å². The molecular weight excluding hydrogens is 308 g/mol. The Labute approximate surface area is 138 Å². The van der Waals surface area contributed by atoms with Gasteiger partial charge in [0.15, 0.2) is 0 Å². The Balaban J connectivity index is 2.02. The van der Waals surface area contributed by atoms with Crippen molar-refractivity contribution >= 4 is 17.3 Å². The van der Waals surface area contributed by atoms with E-state index in [1.165, 1.54) is 29.4 Å². The number of hydrogen-bond donors (Lipinski definition) is 0. The van der Waals surface area contributed by atoms with Crippen LogP contribution in [0.4, 0.5) is 11.4 Å². The second-order valence-corrected chi connectivity index (χ2v) is 5.08. The second kappa shape index (κ2) is 6.78. The van der Waals surface area contributed by atoms with E-state index in [0.29, 0.717) is 11.4 Å². The van der Waals surface area contributed by atoms with Crippen LogP contribution in [0.25, 0.3) is 0 Å². The number of benzene rings is 2. The minimum Gasteiger partial charge on any atom is -0.467 e. The number of nitro benzene ring substituents is 1. The van der Waals surface area contributed by atoms with E-state index in [1.807, 2.05) is 6.07 Å². The van der Waals surface area contributed by atoms with Crippen LogP contribution < -0.4 is 4.90 Å². The zero-order valence-corrected chi connectivity index (χ0v) is 12.7. The highest BCUT2D eigenvalue weighted by Crippen LogP contribution is 2.25. The number of para-hydroxylation sites is 2. The van der Waals surface area contributed by atoms with Crippen molar-refractivity contribution in [3.05, 3.63) is 94.4 Å². The van der Waals surface area contributed by atoms with Gasteiger partial charge < -0.3 is 9.32 Å². The maximum atomic E-state index is 13.0. The summed E-state index contributed by atoms with van der Waals surface area (Å²) in [6, 6.07) is 18.4. The van der Waals surface area contributed by atoms with Gasteiger partial charge in [0.2, 0.25) is 0 Å². The predicted molar refractivity (Wildman–Crippen MR) is 88.8 cm³/mol. The minimum atomic E-state index is -0.552. The fraction of sp³-hybridized carbons (Fsp3) is 0.0556. The highest BCUT2D eigenvalue weighted by atomic mass is 16.6. The van der Waals surface area contributed by atoms with Gasteiger partial charge >= 0.3 is 0 Å². The number of nitrogens with zero attached hydrogens (tertiary/aromatic N) is 2. The van der Waals surface area contributed by atoms with Crippen molar-refractivity contribution < 1.29 is 14.1 Å². The predicted octanol–water partition coefficient (Wildman–Crippen LogP) is 4.03. The third-order valence-electron chi connectivity index (χ3n) is 3.54. The molecule has 0 N–H and O–H groups in total. The summed E-state index contributed by atoms with van der Waals surface area (Å²) >= 11 is 0. The minimum absolute atomic E-state index is 0.0397. The normalized spacial score (nSPS) is 10.3. The molecule has 24 heavy (non-hydrogen) atoms. The Morgan fingerprint density at radius 1 is 1.00 bits per heavy atom. The summed E-state index contributed by atoms with van der Waals surface area (Å²) in [6.07, 6.45) is 1.52. The summed E-state index contributed by atoms with van der Waals surface area (Å²) in [7, 11) is 0. The molecule has 0 radical (unpaired) electrons. The molecule has 1 heterocycles. The standard InChI is InChI=1S/C18H14N2O4/c21-18(16-10-4-5-11-17(16)20(22)23)19(13-15-9-6-12-24-15)14-7-2-1-3-8-14/h1-12H,13H2. The molecule has 0 saturated heterocycles. The molecule has 6 heteroatoms. The first kappa shape index (κ1) is 15.5. The smallest absolute Gasteiger partial charge is 0.282 e. The topological polar surface area (TPSA) is 76.6 Å². The number of hydrogen-bond acceptors (Lipinski definition) is 4. The van der Waals surface area contributed by atoms with Crippen LogP contribution in [0.3, 0.4) is 0 Å². The van der Waals surface area contributed by atoms with Crippen LogP contribution in [0, 0.1) is 10.1 Å². The number of carbonyl (C=O) groups excluding carboxylic acids is 1. The lowest BCUT2D eigenvalue weighted by Crippen LogP contribution is -2.30. The van der Waals surface area contributed by atoms with Crippen molar-refractivity contribution in [2.24, 2.45) is 0 Å². The van der Waals surface area contributed by atoms with Crippen molar-refractivity contribution in [1.29, 1.82) is 0 Å². The van der Waals surface area contributed by atoms with Crippen molar-refractivity contribution in [2.45, 2.75) is 6.54 Å². The molecule has 1 aromatic heterocycles. The van der Waals surface area contributed by atoms with E-state index in [2.05, 4.69) is 0 Å². The zero-order chi connectivity index (χ0) is 16.9. The molecule has 1 amide bonds. The van der Waals surface area contributed by atoms with E-state index in [1.54, 1.807) is 42.5 Å². The van der Waals surface area contributed by atoms with E-state index < -0.39 is 10.8 Å². The molecule has 0 fully saturated rings. The van der Waals surface area contributed by atoms with E-state index in [-0.39, 0.29) is 17.8 Å². The molecule has 0 aliphatic heterocycles. The Hall–Kier alpha value is -3.41. The van der Waals surface area contributed by atoms with Gasteiger partial charge in [-0.3, -0.25) is 14.9 Å². The maximum absolute atomic E-state index is 13.0. The maximum Gasteiger partial charge on any atom is 0.282 e. The van der Waals surface area contributed by atoms with Crippen molar-refractivity contribution in [3.63, 3.8) is 0 Å². The number of furan rings is 1. The van der Waals surface area contributed by atoms with Gasteiger partial charge in [-0.1, -0.05) is 30.3 Å². The molecule has 0 atom stereocenters. The average molecular weight is 322 g/mol. The fourth-order valence-corrected chi connectivity index (χ4v) is 2.41. The first-order chi connectivity index (χ1) is 11.7. The number of amides is 1. The lowest BCUT2D eigenvalue weighted by Gasteiger charge is -2.21. The van der Waals surface area contributed by atoms with Crippen molar-refractivity contribution in [1.82, 2.24) is 0 Å². The second-order valence-electron chi connectivity index (χ2n) is 5.08. The fourth-order valence-electron chi connectivity index (χ4n) is 2.41. The molecule has 6 nitrogen and oxygen atoms in total. The van der Waals surface area contributed by atoms with E-state index >= 15 is 0 Å². The lowest BCUT2D eigenvalue weighted by molar-refractivity contribution is -0.385. The van der Waals surface area contributed by atoms with Crippen LogP contribution in [-0.2, 0) is 6.54 Å². The number of nitro groups is 1. The molecule has 0 unspecified atom stereocenters. The van der Waals surface area contributed by atoms with E-state index in [4.69, 9.17) is 4.42 Å². The summed E-state index contributed by atoms with van der Waals surface area (Å²) in [5, 5.41) is 11.2. The van der Waals surface area contributed by atoms with Gasteiger partial charge in [-0.15, -0.1) is 0 Å². The summed E-state index contributed by atoms with van der Waals surface area (Å²) in [6.45, 7) is 0.182. The summed E-state index contributed by atoms with van der Waals surface area (Å²) in [4.78, 5) is 25.1. The Morgan fingerprint density at radius 3 is 2.38 bits per heavy atom. The van der Waals surface area contributed by atoms with E-state index in [9.17, 15) is 14.9 Å². The zero-order valence-electron chi connectivity index (χ0n) is 12.7. The largest absolute Gasteiger partial charge is 0.467 e. The van der Waals surface area contributed by atoms with Crippen LogP contribution in [-0.4, -0.2) is 10.8 Å². The number of carbonyl (C=O) groups is 1. The molecule has 3 aromatic rings. The van der Waals surface area contributed by atoms with Gasteiger partial charge in [0, 0.05) is 11.8 Å². The van der Waals surface area contributed by atoms with Gasteiger partial charge in [0.05, 0.1) is 17.7 Å². The molecule has 0 aliphatic rings. The van der Waals surface area contributed by atoms with Crippen molar-refractivity contribution in [2.75, 3.05) is 4.90 Å². The summed E-state index contributed by atoms with van der Waals surface area (Å²) < 4.78 is 5.32. The monoisotopic (exact) mass is 322 g/mol. The quantitative estimate of drug-likeness (QED) is 0.525. The van der Waals surface area contributed by atoms with Crippen LogP contribution in [0.1, 0.15) is 16.1 Å². The van der Waals surface area contributed by atoms with Gasteiger partial charge in [-0.05, 0) is 30.3 Å². The molecule has 2 aromatic carbocycles. The number of rotatable bonds is 5. The molecule has 0 bridgehead atoms. The lowest BCUT2D eigenvalue weighted by atomic mass is 10.1. The van der Waals surface area contributed by atoms with E-state index in [0.717, 1.165) is 0 Å². The Bertz CT molecular complexity index is 844. The molecule has 120 valence electrons. The van der Waals surface area contributed by atoms with Crippen LogP contribution in [0.2, 0.25) is 0 Å². The SMILES string of the molecule is O=C(c1ccccc1[N+](=O)[O-])N(Cc1ccco1)c1ccccc1. The van der Waals surface area contributed by atoms with Crippen molar-refractivity contribution in [3.8, 4) is 0 Å². The first-order valence-corrected chi connectivity index (χ1v) is 7.29.